The summed E-state index contributed by atoms with van der Waals surface area (Å²) < 4.78 is 0. The van der Waals surface area contributed by atoms with Crippen molar-refractivity contribution >= 4 is 6.34 Å². The average Bonchev–Trinajstić information content (AvgIpc) is 2.59. The minimum atomic E-state index is 0.501. The summed E-state index contributed by atoms with van der Waals surface area (Å²) >= 11 is 0. The predicted octanol–water partition coefficient (Wildman–Crippen LogP) is 2.88. The lowest BCUT2D eigenvalue weighted by Gasteiger charge is -2.32. The molecule has 15 heavy (non-hydrogen) atoms. The van der Waals surface area contributed by atoms with Gasteiger partial charge in [-0.3, -0.25) is 5.01 Å². The molecular formula is C12H25N3. The zero-order valence-corrected chi connectivity index (χ0v) is 10.6. The molecule has 0 aromatic heterocycles. The van der Waals surface area contributed by atoms with Crippen LogP contribution in [0.3, 0.4) is 0 Å². The lowest BCUT2D eigenvalue weighted by Crippen LogP contribution is -2.42. The van der Waals surface area contributed by atoms with E-state index in [1.807, 2.05) is 6.34 Å². The molecule has 0 saturated heterocycles. The van der Waals surface area contributed by atoms with E-state index < -0.39 is 0 Å². The Labute approximate surface area is 94.1 Å². The number of rotatable bonds is 6. The molecule has 1 heterocycles. The van der Waals surface area contributed by atoms with Crippen LogP contribution in [0.1, 0.15) is 53.4 Å². The van der Waals surface area contributed by atoms with Crippen molar-refractivity contribution in [3.8, 4) is 0 Å². The third kappa shape index (κ3) is 3.11. The third-order valence-electron chi connectivity index (χ3n) is 2.87. The first-order valence-electron chi connectivity index (χ1n) is 6.28. The second-order valence-corrected chi connectivity index (χ2v) is 4.57. The lowest BCUT2D eigenvalue weighted by molar-refractivity contribution is 0.0910. The smallest absolute Gasteiger partial charge is 0.119 e. The maximum absolute atomic E-state index is 4.50. The van der Waals surface area contributed by atoms with Gasteiger partial charge in [-0.1, -0.05) is 26.7 Å². The molecule has 0 spiro atoms. The van der Waals surface area contributed by atoms with Crippen LogP contribution < -0.4 is 0 Å². The van der Waals surface area contributed by atoms with Crippen LogP contribution in [0.25, 0.3) is 0 Å². The van der Waals surface area contributed by atoms with E-state index in [0.29, 0.717) is 12.2 Å². The molecule has 0 aromatic rings. The van der Waals surface area contributed by atoms with Crippen molar-refractivity contribution in [2.75, 3.05) is 6.54 Å². The zero-order valence-electron chi connectivity index (χ0n) is 10.6. The third-order valence-corrected chi connectivity index (χ3v) is 2.87. The standard InChI is InChI=1S/C12H25N3/c1-5-7-9-14-10-13-15(11(3)4)12(14)8-6-2/h10-12H,5-9H2,1-4H3. The number of hydrogen-bond donors (Lipinski definition) is 0. The summed E-state index contributed by atoms with van der Waals surface area (Å²) in [5.74, 6) is 0. The first-order chi connectivity index (χ1) is 7.20. The summed E-state index contributed by atoms with van der Waals surface area (Å²) in [4.78, 5) is 2.40. The van der Waals surface area contributed by atoms with Crippen LogP contribution >= 0.6 is 0 Å². The highest BCUT2D eigenvalue weighted by molar-refractivity contribution is 5.57. The van der Waals surface area contributed by atoms with E-state index in [9.17, 15) is 0 Å². The fourth-order valence-electron chi connectivity index (χ4n) is 2.01. The molecule has 3 heteroatoms. The van der Waals surface area contributed by atoms with E-state index in [1.54, 1.807) is 0 Å². The van der Waals surface area contributed by atoms with E-state index in [1.165, 1.54) is 25.7 Å². The zero-order chi connectivity index (χ0) is 11.3. The topological polar surface area (TPSA) is 18.8 Å². The van der Waals surface area contributed by atoms with Crippen LogP contribution in [0.15, 0.2) is 5.10 Å². The van der Waals surface area contributed by atoms with Crippen LogP contribution in [0.5, 0.6) is 0 Å². The molecule has 0 saturated carbocycles. The Kier molecular flexibility index (Phi) is 4.92. The summed E-state index contributed by atoms with van der Waals surface area (Å²) in [6.07, 6.45) is 7.47. The minimum Gasteiger partial charge on any atom is -0.339 e. The molecule has 0 N–H and O–H groups in total. The maximum atomic E-state index is 4.50. The van der Waals surface area contributed by atoms with Gasteiger partial charge < -0.3 is 4.90 Å². The number of hydrazone groups is 1. The summed E-state index contributed by atoms with van der Waals surface area (Å²) in [6, 6.07) is 0.504. The van der Waals surface area contributed by atoms with Crippen molar-refractivity contribution in [3.63, 3.8) is 0 Å². The van der Waals surface area contributed by atoms with Gasteiger partial charge in [0.15, 0.2) is 0 Å². The quantitative estimate of drug-likeness (QED) is 0.673. The lowest BCUT2D eigenvalue weighted by atomic mass is 10.2. The van der Waals surface area contributed by atoms with Crippen molar-refractivity contribution in [2.24, 2.45) is 5.10 Å². The first-order valence-corrected chi connectivity index (χ1v) is 6.28. The molecule has 0 radical (unpaired) electrons. The van der Waals surface area contributed by atoms with E-state index in [4.69, 9.17) is 0 Å². The van der Waals surface area contributed by atoms with Crippen molar-refractivity contribution in [1.82, 2.24) is 9.91 Å². The van der Waals surface area contributed by atoms with Gasteiger partial charge >= 0.3 is 0 Å². The van der Waals surface area contributed by atoms with Crippen molar-refractivity contribution in [2.45, 2.75) is 65.6 Å². The Hall–Kier alpha value is -0.730. The van der Waals surface area contributed by atoms with E-state index in [-0.39, 0.29) is 0 Å². The van der Waals surface area contributed by atoms with Crippen LogP contribution in [-0.4, -0.2) is 35.0 Å². The average molecular weight is 211 g/mol. The van der Waals surface area contributed by atoms with Gasteiger partial charge in [0.05, 0.1) is 0 Å². The van der Waals surface area contributed by atoms with Crippen molar-refractivity contribution in [1.29, 1.82) is 0 Å². The molecule has 0 amide bonds. The molecular weight excluding hydrogens is 186 g/mol. The molecule has 0 fully saturated rings. The highest BCUT2D eigenvalue weighted by atomic mass is 15.6. The van der Waals surface area contributed by atoms with E-state index in [2.05, 4.69) is 42.7 Å². The molecule has 1 atom stereocenters. The van der Waals surface area contributed by atoms with E-state index in [0.717, 1.165) is 6.54 Å². The summed E-state index contributed by atoms with van der Waals surface area (Å²) in [5, 5.41) is 6.74. The molecule has 88 valence electrons. The first kappa shape index (κ1) is 12.3. The van der Waals surface area contributed by atoms with Gasteiger partial charge in [-0.25, -0.2) is 0 Å². The van der Waals surface area contributed by atoms with Gasteiger partial charge in [0, 0.05) is 12.6 Å². The number of unbranched alkanes of at least 4 members (excludes halogenated alkanes) is 1. The molecule has 1 unspecified atom stereocenters. The Balaban J connectivity index is 2.54. The summed E-state index contributed by atoms with van der Waals surface area (Å²) in [5.41, 5.74) is 0. The Morgan fingerprint density at radius 2 is 2.00 bits per heavy atom. The van der Waals surface area contributed by atoms with Gasteiger partial charge in [0.25, 0.3) is 0 Å². The normalized spacial score (nSPS) is 20.7. The number of nitrogens with zero attached hydrogens (tertiary/aromatic N) is 3. The largest absolute Gasteiger partial charge is 0.339 e. The molecule has 1 aliphatic heterocycles. The second-order valence-electron chi connectivity index (χ2n) is 4.57. The van der Waals surface area contributed by atoms with Crippen LogP contribution in [0.4, 0.5) is 0 Å². The van der Waals surface area contributed by atoms with Crippen molar-refractivity contribution < 1.29 is 0 Å². The summed E-state index contributed by atoms with van der Waals surface area (Å²) in [7, 11) is 0. The van der Waals surface area contributed by atoms with Gasteiger partial charge in [-0.05, 0) is 26.7 Å². The van der Waals surface area contributed by atoms with Crippen LogP contribution in [-0.2, 0) is 0 Å². The van der Waals surface area contributed by atoms with Crippen molar-refractivity contribution in [3.05, 3.63) is 0 Å². The fourth-order valence-corrected chi connectivity index (χ4v) is 2.01. The van der Waals surface area contributed by atoms with E-state index >= 15 is 0 Å². The molecule has 0 bridgehead atoms. The Bertz CT molecular complexity index is 201. The Morgan fingerprint density at radius 1 is 1.27 bits per heavy atom. The summed E-state index contributed by atoms with van der Waals surface area (Å²) in [6.45, 7) is 10.1. The predicted molar refractivity (Wildman–Crippen MR) is 65.8 cm³/mol. The van der Waals surface area contributed by atoms with Crippen LogP contribution in [0.2, 0.25) is 0 Å². The minimum absolute atomic E-state index is 0.501. The molecule has 1 aliphatic rings. The Morgan fingerprint density at radius 3 is 2.53 bits per heavy atom. The highest BCUT2D eigenvalue weighted by Gasteiger charge is 2.27. The SMILES string of the molecule is CCCCN1C=NN(C(C)C)C1CCC. The second kappa shape index (κ2) is 5.99. The van der Waals surface area contributed by atoms with Crippen LogP contribution in [0, 0.1) is 0 Å². The van der Waals surface area contributed by atoms with Gasteiger partial charge in [0.2, 0.25) is 0 Å². The maximum Gasteiger partial charge on any atom is 0.119 e. The number of hydrogen-bond acceptors (Lipinski definition) is 3. The molecule has 1 rings (SSSR count). The van der Waals surface area contributed by atoms with Gasteiger partial charge in [-0.15, -0.1) is 0 Å². The van der Waals surface area contributed by atoms with Gasteiger partial charge in [0.1, 0.15) is 12.5 Å². The fraction of sp³-hybridized carbons (Fsp3) is 0.917. The molecule has 0 aromatic carbocycles. The monoisotopic (exact) mass is 211 g/mol. The highest BCUT2D eigenvalue weighted by Crippen LogP contribution is 2.20. The molecule has 3 nitrogen and oxygen atoms in total. The molecule has 0 aliphatic carbocycles. The van der Waals surface area contributed by atoms with Gasteiger partial charge in [-0.2, -0.15) is 5.10 Å².